The number of nitrogens with one attached hydrogen (secondary N) is 1. The van der Waals surface area contributed by atoms with Crippen LogP contribution >= 0.6 is 11.6 Å². The van der Waals surface area contributed by atoms with Crippen molar-refractivity contribution in [3.63, 3.8) is 0 Å². The second kappa shape index (κ2) is 6.54. The van der Waals surface area contributed by atoms with Crippen molar-refractivity contribution in [2.45, 2.75) is 11.8 Å². The van der Waals surface area contributed by atoms with Crippen molar-refractivity contribution in [2.24, 2.45) is 0 Å². The van der Waals surface area contributed by atoms with E-state index in [1.165, 1.54) is 13.0 Å². The van der Waals surface area contributed by atoms with E-state index >= 15 is 0 Å². The van der Waals surface area contributed by atoms with E-state index in [1.807, 2.05) is 0 Å². The summed E-state index contributed by atoms with van der Waals surface area (Å²) in [5.41, 5.74) is -0.717. The topological polar surface area (TPSA) is 106 Å². The van der Waals surface area contributed by atoms with Gasteiger partial charge in [0, 0.05) is 17.2 Å². The van der Waals surface area contributed by atoms with E-state index in [2.05, 4.69) is 0 Å². The van der Waals surface area contributed by atoms with Gasteiger partial charge in [0.1, 0.15) is 5.82 Å². The Morgan fingerprint density at radius 2 is 1.92 bits per heavy atom. The van der Waals surface area contributed by atoms with E-state index in [-0.39, 0.29) is 21.2 Å². The largest absolute Gasteiger partial charge is 0.269 e. The summed E-state index contributed by atoms with van der Waals surface area (Å²) in [6, 6.07) is 6.22. The molecule has 0 spiro atoms. The van der Waals surface area contributed by atoms with Gasteiger partial charge in [0.05, 0.1) is 15.4 Å². The fourth-order valence-electron chi connectivity index (χ4n) is 1.95. The molecule has 0 aromatic heterocycles. The number of nitro groups is 1. The quantitative estimate of drug-likeness (QED) is 0.656. The first-order chi connectivity index (χ1) is 11.1. The van der Waals surface area contributed by atoms with Gasteiger partial charge < -0.3 is 0 Å². The zero-order valence-corrected chi connectivity index (χ0v) is 13.7. The fraction of sp³-hybridized carbons (Fsp3) is 0.0714. The van der Waals surface area contributed by atoms with Crippen LogP contribution in [0.4, 0.5) is 10.1 Å². The van der Waals surface area contributed by atoms with Gasteiger partial charge in [-0.2, -0.15) is 0 Å². The Morgan fingerprint density at radius 3 is 2.46 bits per heavy atom. The number of carbonyl (C=O) groups excluding carboxylic acids is 1. The van der Waals surface area contributed by atoms with Crippen molar-refractivity contribution in [1.82, 2.24) is 4.72 Å². The van der Waals surface area contributed by atoms with Gasteiger partial charge in [-0.3, -0.25) is 14.9 Å². The van der Waals surface area contributed by atoms with Crippen molar-refractivity contribution in [3.05, 3.63) is 68.5 Å². The molecule has 2 rings (SSSR count). The van der Waals surface area contributed by atoms with E-state index in [1.54, 1.807) is 4.72 Å². The lowest BCUT2D eigenvalue weighted by Gasteiger charge is -2.10. The Balaban J connectivity index is 2.34. The highest BCUT2D eigenvalue weighted by Gasteiger charge is 2.23. The molecule has 0 heterocycles. The van der Waals surface area contributed by atoms with Crippen LogP contribution in [0.1, 0.15) is 15.9 Å². The van der Waals surface area contributed by atoms with E-state index in [9.17, 15) is 27.7 Å². The Hall–Kier alpha value is -2.52. The maximum Gasteiger partial charge on any atom is 0.269 e. The van der Waals surface area contributed by atoms with Crippen molar-refractivity contribution in [1.29, 1.82) is 0 Å². The highest BCUT2D eigenvalue weighted by molar-refractivity contribution is 7.90. The Bertz CT molecular complexity index is 946. The summed E-state index contributed by atoms with van der Waals surface area (Å²) in [6.07, 6.45) is 0. The summed E-state index contributed by atoms with van der Waals surface area (Å²) in [6.45, 7) is 1.34. The van der Waals surface area contributed by atoms with Crippen LogP contribution in [0.3, 0.4) is 0 Å². The summed E-state index contributed by atoms with van der Waals surface area (Å²) in [5, 5.41) is 10.7. The molecule has 24 heavy (non-hydrogen) atoms. The van der Waals surface area contributed by atoms with Crippen LogP contribution in [0.15, 0.2) is 41.3 Å². The number of nitrogens with zero attached hydrogens (tertiary/aromatic N) is 1. The monoisotopic (exact) mass is 372 g/mol. The van der Waals surface area contributed by atoms with Crippen LogP contribution in [-0.2, 0) is 10.0 Å². The van der Waals surface area contributed by atoms with Gasteiger partial charge in [-0.15, -0.1) is 0 Å². The number of nitro benzene ring substituents is 1. The lowest BCUT2D eigenvalue weighted by Crippen LogP contribution is -2.31. The molecule has 2 aromatic carbocycles. The number of hydrogen-bond acceptors (Lipinski definition) is 5. The highest BCUT2D eigenvalue weighted by atomic mass is 35.5. The summed E-state index contributed by atoms with van der Waals surface area (Å²) >= 11 is 5.57. The van der Waals surface area contributed by atoms with E-state index in [0.717, 1.165) is 30.3 Å². The lowest BCUT2D eigenvalue weighted by molar-refractivity contribution is -0.385. The first-order valence-electron chi connectivity index (χ1n) is 6.39. The van der Waals surface area contributed by atoms with Gasteiger partial charge in [-0.25, -0.2) is 17.5 Å². The van der Waals surface area contributed by atoms with Crippen LogP contribution < -0.4 is 4.72 Å². The van der Waals surface area contributed by atoms with Crippen LogP contribution in [0, 0.1) is 22.9 Å². The number of halogens is 2. The molecule has 1 amide bonds. The predicted octanol–water partition coefficient (Wildman–Crippen LogP) is 2.81. The first kappa shape index (κ1) is 17.8. The minimum atomic E-state index is -4.33. The zero-order chi connectivity index (χ0) is 18.1. The van der Waals surface area contributed by atoms with Crippen molar-refractivity contribution in [2.75, 3.05) is 0 Å². The SMILES string of the molecule is Cc1cc([N+](=O)[O-])ccc1S(=O)(=O)NC(=O)c1ccc(Cl)cc1F. The standard InChI is InChI=1S/C14H10ClFN2O5S/c1-8-6-10(18(20)21)3-5-13(8)24(22,23)17-14(19)11-4-2-9(15)7-12(11)16/h2-7H,1H3,(H,17,19). The minimum Gasteiger partial charge on any atom is -0.268 e. The molecule has 0 radical (unpaired) electrons. The lowest BCUT2D eigenvalue weighted by atomic mass is 10.2. The van der Waals surface area contributed by atoms with E-state index in [0.29, 0.717) is 0 Å². The molecule has 0 aliphatic rings. The maximum atomic E-state index is 13.7. The zero-order valence-electron chi connectivity index (χ0n) is 12.1. The van der Waals surface area contributed by atoms with E-state index in [4.69, 9.17) is 11.6 Å². The van der Waals surface area contributed by atoms with Crippen molar-refractivity contribution < 1.29 is 22.5 Å². The third-order valence-electron chi connectivity index (χ3n) is 3.06. The number of benzene rings is 2. The molecule has 0 saturated heterocycles. The molecular weight excluding hydrogens is 363 g/mol. The molecule has 126 valence electrons. The molecular formula is C14H10ClFN2O5S. The molecule has 10 heteroatoms. The Morgan fingerprint density at radius 1 is 1.25 bits per heavy atom. The first-order valence-corrected chi connectivity index (χ1v) is 8.25. The van der Waals surface area contributed by atoms with Crippen LogP contribution in [0.25, 0.3) is 0 Å². The molecule has 0 fully saturated rings. The molecule has 1 N–H and O–H groups in total. The molecule has 0 unspecified atom stereocenters. The van der Waals surface area contributed by atoms with Gasteiger partial charge in [0.15, 0.2) is 0 Å². The van der Waals surface area contributed by atoms with E-state index < -0.39 is 32.2 Å². The number of non-ortho nitro benzene ring substituents is 1. The van der Waals surface area contributed by atoms with Gasteiger partial charge in [0.2, 0.25) is 0 Å². The van der Waals surface area contributed by atoms with Crippen molar-refractivity contribution >= 4 is 33.2 Å². The molecule has 0 bridgehead atoms. The van der Waals surface area contributed by atoms with Crippen LogP contribution in [0.2, 0.25) is 5.02 Å². The van der Waals surface area contributed by atoms with Gasteiger partial charge in [0.25, 0.3) is 21.6 Å². The normalized spacial score (nSPS) is 11.1. The third-order valence-corrected chi connectivity index (χ3v) is 4.79. The predicted molar refractivity (Wildman–Crippen MR) is 83.9 cm³/mol. The maximum absolute atomic E-state index is 13.7. The summed E-state index contributed by atoms with van der Waals surface area (Å²) in [5.74, 6) is -2.16. The van der Waals surface area contributed by atoms with Crippen LogP contribution in [0.5, 0.6) is 0 Å². The minimum absolute atomic E-state index is 0.0538. The number of carbonyl (C=O) groups is 1. The molecule has 7 nitrogen and oxygen atoms in total. The second-order valence-corrected chi connectivity index (χ2v) is 6.85. The molecule has 2 aromatic rings. The number of sulfonamides is 1. The number of hydrogen-bond donors (Lipinski definition) is 1. The summed E-state index contributed by atoms with van der Waals surface area (Å²) in [4.78, 5) is 21.6. The molecule has 0 saturated carbocycles. The Kier molecular flexibility index (Phi) is 4.86. The molecule has 0 aliphatic carbocycles. The Labute approximate surface area is 141 Å². The second-order valence-electron chi connectivity index (χ2n) is 4.77. The highest BCUT2D eigenvalue weighted by Crippen LogP contribution is 2.21. The van der Waals surface area contributed by atoms with Gasteiger partial charge >= 0.3 is 0 Å². The summed E-state index contributed by atoms with van der Waals surface area (Å²) < 4.78 is 39.9. The van der Waals surface area contributed by atoms with Crippen LogP contribution in [-0.4, -0.2) is 19.2 Å². The third kappa shape index (κ3) is 3.69. The molecule has 0 aliphatic heterocycles. The smallest absolute Gasteiger partial charge is 0.268 e. The average molecular weight is 373 g/mol. The fourth-order valence-corrected chi connectivity index (χ4v) is 3.31. The number of rotatable bonds is 4. The number of amides is 1. The average Bonchev–Trinajstić information content (AvgIpc) is 2.45. The number of aryl methyl sites for hydroxylation is 1. The van der Waals surface area contributed by atoms with Crippen molar-refractivity contribution in [3.8, 4) is 0 Å². The van der Waals surface area contributed by atoms with Gasteiger partial charge in [-0.05, 0) is 36.8 Å². The summed E-state index contributed by atoms with van der Waals surface area (Å²) in [7, 11) is -4.33. The molecule has 0 atom stereocenters. The van der Waals surface area contributed by atoms with Gasteiger partial charge in [-0.1, -0.05) is 11.6 Å².